The molecule has 1 amide bonds. The molecule has 28 heavy (non-hydrogen) atoms. The third kappa shape index (κ3) is 4.09. The van der Waals surface area contributed by atoms with E-state index in [1.54, 1.807) is 12.1 Å². The van der Waals surface area contributed by atoms with Crippen molar-refractivity contribution in [1.82, 2.24) is 9.80 Å². The first kappa shape index (κ1) is 18.7. The van der Waals surface area contributed by atoms with E-state index in [-0.39, 0.29) is 11.8 Å². The molecule has 1 N–H and O–H groups in total. The monoisotopic (exact) mass is 378 g/mol. The molecule has 1 saturated heterocycles. The molecular weight excluding hydrogens is 352 g/mol. The van der Waals surface area contributed by atoms with Crippen molar-refractivity contribution in [3.63, 3.8) is 0 Å². The van der Waals surface area contributed by atoms with Crippen LogP contribution in [0, 0.1) is 5.92 Å². The highest BCUT2D eigenvalue weighted by molar-refractivity contribution is 5.88. The lowest BCUT2D eigenvalue weighted by molar-refractivity contribution is -0.138. The number of hydrogen-bond donors (Lipinski definition) is 1. The molecule has 2 aliphatic rings. The Morgan fingerprint density at radius 1 is 0.964 bits per heavy atom. The zero-order chi connectivity index (χ0) is 19.5. The van der Waals surface area contributed by atoms with Crippen molar-refractivity contribution in [2.45, 2.75) is 32.4 Å². The Hall–Kier alpha value is -2.66. The minimum absolute atomic E-state index is 0.0798. The summed E-state index contributed by atoms with van der Waals surface area (Å²) in [5, 5.41) is 9.21. The topological polar surface area (TPSA) is 60.9 Å². The number of carbonyl (C=O) groups is 2. The number of likely N-dealkylation sites (tertiary alicyclic amines) is 1. The van der Waals surface area contributed by atoms with Crippen molar-refractivity contribution in [2.75, 3.05) is 19.6 Å². The summed E-state index contributed by atoms with van der Waals surface area (Å²) < 4.78 is 0. The van der Waals surface area contributed by atoms with Gasteiger partial charge in [0.25, 0.3) is 0 Å². The van der Waals surface area contributed by atoms with Crippen LogP contribution in [-0.2, 0) is 24.3 Å². The van der Waals surface area contributed by atoms with Gasteiger partial charge < -0.3 is 10.0 Å². The zero-order valence-corrected chi connectivity index (χ0v) is 16.0. The summed E-state index contributed by atoms with van der Waals surface area (Å²) >= 11 is 0. The normalized spacial score (nSPS) is 17.9. The molecule has 146 valence electrons. The molecule has 0 spiro atoms. The van der Waals surface area contributed by atoms with E-state index < -0.39 is 5.97 Å². The van der Waals surface area contributed by atoms with Crippen molar-refractivity contribution in [1.29, 1.82) is 0 Å². The predicted octanol–water partition coefficient (Wildman–Crippen LogP) is 3.18. The predicted molar refractivity (Wildman–Crippen MR) is 107 cm³/mol. The summed E-state index contributed by atoms with van der Waals surface area (Å²) in [6, 6.07) is 15.7. The summed E-state index contributed by atoms with van der Waals surface area (Å²) in [5.41, 5.74) is 3.74. The summed E-state index contributed by atoms with van der Waals surface area (Å²) in [5.74, 6) is -0.612. The lowest BCUT2D eigenvalue weighted by Crippen LogP contribution is -2.44. The quantitative estimate of drug-likeness (QED) is 0.888. The molecule has 0 bridgehead atoms. The fraction of sp³-hybridized carbons (Fsp3) is 0.391. The van der Waals surface area contributed by atoms with Gasteiger partial charge in [-0.1, -0.05) is 36.4 Å². The molecule has 0 aromatic heterocycles. The molecule has 0 atom stereocenters. The highest BCUT2D eigenvalue weighted by atomic mass is 16.4. The third-order valence-corrected chi connectivity index (χ3v) is 5.96. The molecule has 2 aromatic carbocycles. The Balaban J connectivity index is 1.34. The maximum Gasteiger partial charge on any atom is 0.335 e. The van der Waals surface area contributed by atoms with Crippen molar-refractivity contribution in [3.05, 3.63) is 70.8 Å². The van der Waals surface area contributed by atoms with Crippen molar-refractivity contribution in [2.24, 2.45) is 5.92 Å². The van der Waals surface area contributed by atoms with Crippen LogP contribution in [0.15, 0.2) is 48.5 Å². The molecule has 2 heterocycles. The van der Waals surface area contributed by atoms with Crippen LogP contribution >= 0.6 is 0 Å². The highest BCUT2D eigenvalue weighted by Crippen LogP contribution is 2.26. The minimum Gasteiger partial charge on any atom is -0.478 e. The molecule has 5 heteroatoms. The summed E-state index contributed by atoms with van der Waals surface area (Å²) in [4.78, 5) is 28.6. The van der Waals surface area contributed by atoms with E-state index in [1.807, 2.05) is 17.0 Å². The third-order valence-electron chi connectivity index (χ3n) is 5.96. The van der Waals surface area contributed by atoms with Crippen LogP contribution in [0.1, 0.15) is 39.9 Å². The van der Waals surface area contributed by atoms with Gasteiger partial charge in [0, 0.05) is 25.6 Å². The van der Waals surface area contributed by atoms with Gasteiger partial charge in [0.15, 0.2) is 0 Å². The number of fused-ring (bicyclic) bond motifs is 1. The van der Waals surface area contributed by atoms with E-state index in [0.29, 0.717) is 12.1 Å². The second-order valence-corrected chi connectivity index (χ2v) is 7.83. The van der Waals surface area contributed by atoms with Crippen LogP contribution in [0.3, 0.4) is 0 Å². The van der Waals surface area contributed by atoms with Crippen LogP contribution in [0.25, 0.3) is 0 Å². The first-order valence-electron chi connectivity index (χ1n) is 10.0. The molecular formula is C23H26N2O3. The summed E-state index contributed by atoms with van der Waals surface area (Å²) in [6.07, 6.45) is 2.59. The molecule has 1 fully saturated rings. The largest absolute Gasteiger partial charge is 0.478 e. The van der Waals surface area contributed by atoms with E-state index >= 15 is 0 Å². The fourth-order valence-corrected chi connectivity index (χ4v) is 4.32. The fourth-order valence-electron chi connectivity index (χ4n) is 4.32. The molecule has 4 rings (SSSR count). The van der Waals surface area contributed by atoms with E-state index in [2.05, 4.69) is 29.2 Å². The van der Waals surface area contributed by atoms with Gasteiger partial charge in [-0.2, -0.15) is 0 Å². The van der Waals surface area contributed by atoms with E-state index in [9.17, 15) is 14.7 Å². The Morgan fingerprint density at radius 3 is 2.43 bits per heavy atom. The number of amides is 1. The maximum absolute atomic E-state index is 13.0. The zero-order valence-electron chi connectivity index (χ0n) is 16.0. The van der Waals surface area contributed by atoms with Gasteiger partial charge in [-0.3, -0.25) is 9.69 Å². The number of carbonyl (C=O) groups excluding carboxylic acids is 1. The Labute approximate surface area is 165 Å². The van der Waals surface area contributed by atoms with Gasteiger partial charge in [0.1, 0.15) is 0 Å². The van der Waals surface area contributed by atoms with Crippen LogP contribution in [0.2, 0.25) is 0 Å². The van der Waals surface area contributed by atoms with Gasteiger partial charge in [0.05, 0.1) is 5.56 Å². The van der Waals surface area contributed by atoms with Gasteiger partial charge in [-0.15, -0.1) is 0 Å². The molecule has 0 aliphatic carbocycles. The molecule has 0 unspecified atom stereocenters. The number of piperidine rings is 1. The maximum atomic E-state index is 13.0. The summed E-state index contributed by atoms with van der Waals surface area (Å²) in [7, 11) is 0. The smallest absolute Gasteiger partial charge is 0.335 e. The van der Waals surface area contributed by atoms with Gasteiger partial charge >= 0.3 is 5.97 Å². The van der Waals surface area contributed by atoms with Crippen LogP contribution in [-0.4, -0.2) is 46.4 Å². The second kappa shape index (κ2) is 8.15. The SMILES string of the molecule is O=C(O)c1ccc2c(c1)CN(C(=O)C1CCN(Cc3ccccc3)CC1)CC2. The second-order valence-electron chi connectivity index (χ2n) is 7.83. The first-order valence-corrected chi connectivity index (χ1v) is 10.0. The Bertz CT molecular complexity index is 857. The van der Waals surface area contributed by atoms with Gasteiger partial charge in [0.2, 0.25) is 5.91 Å². The minimum atomic E-state index is -0.919. The lowest BCUT2D eigenvalue weighted by atomic mass is 9.92. The van der Waals surface area contributed by atoms with Crippen molar-refractivity contribution >= 4 is 11.9 Å². The Kier molecular flexibility index (Phi) is 5.44. The highest BCUT2D eigenvalue weighted by Gasteiger charge is 2.30. The van der Waals surface area contributed by atoms with E-state index in [1.165, 1.54) is 5.56 Å². The number of carboxylic acid groups (broad SMARTS) is 1. The average molecular weight is 378 g/mol. The number of nitrogens with zero attached hydrogens (tertiary/aromatic N) is 2. The van der Waals surface area contributed by atoms with Crippen LogP contribution < -0.4 is 0 Å². The number of carboxylic acids is 1. The number of benzene rings is 2. The lowest BCUT2D eigenvalue weighted by Gasteiger charge is -2.36. The average Bonchev–Trinajstić information content (AvgIpc) is 2.73. The standard InChI is InChI=1S/C23H26N2O3/c26-22(19-8-11-24(12-9-19)15-17-4-2-1-3-5-17)25-13-10-18-6-7-20(23(27)28)14-21(18)16-25/h1-7,14,19H,8-13,15-16H2,(H,27,28). The molecule has 2 aromatic rings. The number of aromatic carboxylic acids is 1. The molecule has 2 aliphatic heterocycles. The first-order chi connectivity index (χ1) is 13.6. The molecule has 0 saturated carbocycles. The van der Waals surface area contributed by atoms with Gasteiger partial charge in [-0.05, 0) is 61.2 Å². The Morgan fingerprint density at radius 2 is 1.71 bits per heavy atom. The van der Waals surface area contributed by atoms with E-state index in [0.717, 1.165) is 56.6 Å². The molecule has 5 nitrogen and oxygen atoms in total. The van der Waals surface area contributed by atoms with Gasteiger partial charge in [-0.25, -0.2) is 4.79 Å². The number of hydrogen-bond acceptors (Lipinski definition) is 3. The van der Waals surface area contributed by atoms with Crippen LogP contribution in [0.5, 0.6) is 0 Å². The summed E-state index contributed by atoms with van der Waals surface area (Å²) in [6.45, 7) is 4.08. The van der Waals surface area contributed by atoms with Crippen LogP contribution in [0.4, 0.5) is 0 Å². The van der Waals surface area contributed by atoms with Crippen molar-refractivity contribution < 1.29 is 14.7 Å². The van der Waals surface area contributed by atoms with E-state index in [4.69, 9.17) is 0 Å². The molecule has 0 radical (unpaired) electrons. The number of rotatable bonds is 4. The van der Waals surface area contributed by atoms with Crippen molar-refractivity contribution in [3.8, 4) is 0 Å².